The number of nitrogens with two attached hydrogens (primary N) is 1. The van der Waals surface area contributed by atoms with E-state index in [1.807, 2.05) is 42.5 Å². The number of benzene rings is 2. The van der Waals surface area contributed by atoms with Crippen LogP contribution in [0.5, 0.6) is 11.5 Å². The Morgan fingerprint density at radius 2 is 1.70 bits per heavy atom. The van der Waals surface area contributed by atoms with Crippen molar-refractivity contribution < 1.29 is 9.47 Å². The first-order chi connectivity index (χ1) is 9.76. The van der Waals surface area contributed by atoms with E-state index in [0.29, 0.717) is 0 Å². The minimum atomic E-state index is 0.0491. The molecule has 0 radical (unpaired) electrons. The maximum Gasteiger partial charge on any atom is 0.119 e. The van der Waals surface area contributed by atoms with Crippen LogP contribution < -0.4 is 20.7 Å². The largest absolute Gasteiger partial charge is 0.497 e. The van der Waals surface area contributed by atoms with E-state index in [1.54, 1.807) is 14.2 Å². The fourth-order valence-electron chi connectivity index (χ4n) is 2.14. The third-order valence-electron chi connectivity index (χ3n) is 3.29. The Balaban J connectivity index is 2.14. The maximum absolute atomic E-state index is 5.68. The molecule has 0 saturated heterocycles. The number of nitrogens with one attached hydrogen (secondary N) is 1. The normalized spacial score (nSPS) is 11.9. The Hall–Kier alpha value is -2.04. The lowest BCUT2D eigenvalue weighted by molar-refractivity contribution is 0.413. The minimum absolute atomic E-state index is 0.0491. The van der Waals surface area contributed by atoms with Crippen molar-refractivity contribution >= 4 is 0 Å². The molecule has 2 aromatic rings. The molecule has 0 aliphatic rings. The molecule has 0 bridgehead atoms. The lowest BCUT2D eigenvalue weighted by Gasteiger charge is -2.17. The van der Waals surface area contributed by atoms with E-state index in [4.69, 9.17) is 15.3 Å². The predicted octanol–water partition coefficient (Wildman–Crippen LogP) is 2.45. The van der Waals surface area contributed by atoms with Crippen LogP contribution in [0.25, 0.3) is 0 Å². The molecule has 3 N–H and O–H groups in total. The zero-order valence-corrected chi connectivity index (χ0v) is 11.8. The zero-order valence-electron chi connectivity index (χ0n) is 11.8. The van der Waals surface area contributed by atoms with Gasteiger partial charge in [-0.25, -0.2) is 0 Å². The van der Waals surface area contributed by atoms with Crippen molar-refractivity contribution in [1.82, 2.24) is 5.43 Å². The molecule has 0 amide bonds. The van der Waals surface area contributed by atoms with Crippen LogP contribution in [0.2, 0.25) is 0 Å². The summed E-state index contributed by atoms with van der Waals surface area (Å²) < 4.78 is 10.4. The highest BCUT2D eigenvalue weighted by Crippen LogP contribution is 2.22. The Morgan fingerprint density at radius 3 is 2.30 bits per heavy atom. The van der Waals surface area contributed by atoms with Crippen LogP contribution in [0.3, 0.4) is 0 Å². The Morgan fingerprint density at radius 1 is 1.00 bits per heavy atom. The van der Waals surface area contributed by atoms with Gasteiger partial charge in [0.25, 0.3) is 0 Å². The van der Waals surface area contributed by atoms with Gasteiger partial charge in [0.2, 0.25) is 0 Å². The highest BCUT2D eigenvalue weighted by Gasteiger charge is 2.11. The number of methoxy groups -OCH3 is 2. The monoisotopic (exact) mass is 272 g/mol. The van der Waals surface area contributed by atoms with Crippen LogP contribution in [-0.4, -0.2) is 14.2 Å². The van der Waals surface area contributed by atoms with Gasteiger partial charge in [0, 0.05) is 6.04 Å². The fourth-order valence-corrected chi connectivity index (χ4v) is 2.14. The van der Waals surface area contributed by atoms with Crippen molar-refractivity contribution in [1.29, 1.82) is 0 Å². The van der Waals surface area contributed by atoms with E-state index in [2.05, 4.69) is 11.5 Å². The van der Waals surface area contributed by atoms with Crippen LogP contribution in [0, 0.1) is 0 Å². The Bertz CT molecular complexity index is 540. The summed E-state index contributed by atoms with van der Waals surface area (Å²) in [5.74, 6) is 7.37. The van der Waals surface area contributed by atoms with Gasteiger partial charge in [-0.3, -0.25) is 11.3 Å². The molecule has 0 spiro atoms. The Labute approximate surface area is 119 Å². The summed E-state index contributed by atoms with van der Waals surface area (Å²) in [5.41, 5.74) is 5.15. The first-order valence-corrected chi connectivity index (χ1v) is 6.50. The van der Waals surface area contributed by atoms with Crippen molar-refractivity contribution in [2.75, 3.05) is 14.2 Å². The molecule has 0 fully saturated rings. The number of hydrogen-bond acceptors (Lipinski definition) is 4. The number of ether oxygens (including phenoxy) is 2. The molecule has 20 heavy (non-hydrogen) atoms. The van der Waals surface area contributed by atoms with Gasteiger partial charge >= 0.3 is 0 Å². The van der Waals surface area contributed by atoms with Crippen LogP contribution in [0.1, 0.15) is 17.2 Å². The second-order valence-corrected chi connectivity index (χ2v) is 4.55. The average Bonchev–Trinajstić information content (AvgIpc) is 2.53. The van der Waals surface area contributed by atoms with E-state index in [1.165, 1.54) is 5.56 Å². The van der Waals surface area contributed by atoms with Crippen molar-refractivity contribution in [2.24, 2.45) is 5.84 Å². The molecule has 0 saturated carbocycles. The molecule has 1 unspecified atom stereocenters. The molecular formula is C16H20N2O2. The van der Waals surface area contributed by atoms with Crippen LogP contribution >= 0.6 is 0 Å². The summed E-state index contributed by atoms with van der Waals surface area (Å²) in [6, 6.07) is 16.0. The molecule has 2 rings (SSSR count). The average molecular weight is 272 g/mol. The van der Waals surface area contributed by atoms with E-state index in [-0.39, 0.29) is 6.04 Å². The summed E-state index contributed by atoms with van der Waals surface area (Å²) in [6.45, 7) is 0. The standard InChI is InChI=1S/C16H20N2O2/c1-19-14-8-6-13(7-9-14)16(18-17)11-12-4-3-5-15(10-12)20-2/h3-10,16,18H,11,17H2,1-2H3. The first-order valence-electron chi connectivity index (χ1n) is 6.50. The van der Waals surface area contributed by atoms with Gasteiger partial charge < -0.3 is 9.47 Å². The van der Waals surface area contributed by atoms with Crippen molar-refractivity contribution in [3.05, 3.63) is 59.7 Å². The quantitative estimate of drug-likeness (QED) is 0.626. The van der Waals surface area contributed by atoms with Gasteiger partial charge in [0.1, 0.15) is 11.5 Å². The summed E-state index contributed by atoms with van der Waals surface area (Å²) in [7, 11) is 3.32. The van der Waals surface area contributed by atoms with Gasteiger partial charge in [-0.05, 0) is 41.8 Å². The van der Waals surface area contributed by atoms with Gasteiger partial charge in [-0.1, -0.05) is 24.3 Å². The van der Waals surface area contributed by atoms with E-state index < -0.39 is 0 Å². The summed E-state index contributed by atoms with van der Waals surface area (Å²) in [6.07, 6.45) is 0.792. The zero-order chi connectivity index (χ0) is 14.4. The summed E-state index contributed by atoms with van der Waals surface area (Å²) in [5, 5.41) is 0. The first kappa shape index (κ1) is 14.4. The van der Waals surface area contributed by atoms with Crippen LogP contribution in [0.4, 0.5) is 0 Å². The number of hydrazine groups is 1. The fraction of sp³-hybridized carbons (Fsp3) is 0.250. The van der Waals surface area contributed by atoms with Gasteiger partial charge in [-0.15, -0.1) is 0 Å². The molecule has 2 aromatic carbocycles. The third kappa shape index (κ3) is 3.50. The molecule has 4 nitrogen and oxygen atoms in total. The SMILES string of the molecule is COc1ccc(C(Cc2cccc(OC)c2)NN)cc1. The highest BCUT2D eigenvalue weighted by atomic mass is 16.5. The van der Waals surface area contributed by atoms with Gasteiger partial charge in [0.05, 0.1) is 14.2 Å². The lowest BCUT2D eigenvalue weighted by atomic mass is 9.99. The lowest BCUT2D eigenvalue weighted by Crippen LogP contribution is -2.29. The molecule has 0 aliphatic heterocycles. The van der Waals surface area contributed by atoms with Gasteiger partial charge in [0.15, 0.2) is 0 Å². The van der Waals surface area contributed by atoms with E-state index in [0.717, 1.165) is 23.5 Å². The number of hydrogen-bond donors (Lipinski definition) is 2. The second-order valence-electron chi connectivity index (χ2n) is 4.55. The molecule has 106 valence electrons. The number of rotatable bonds is 6. The second kappa shape index (κ2) is 6.93. The van der Waals surface area contributed by atoms with Crippen LogP contribution in [0.15, 0.2) is 48.5 Å². The van der Waals surface area contributed by atoms with Crippen molar-refractivity contribution in [3.63, 3.8) is 0 Å². The van der Waals surface area contributed by atoms with Crippen LogP contribution in [-0.2, 0) is 6.42 Å². The molecule has 1 atom stereocenters. The molecule has 0 heterocycles. The molecule has 0 aromatic heterocycles. The van der Waals surface area contributed by atoms with Crippen molar-refractivity contribution in [2.45, 2.75) is 12.5 Å². The Kier molecular flexibility index (Phi) is 4.98. The molecular weight excluding hydrogens is 252 g/mol. The molecule has 4 heteroatoms. The summed E-state index contributed by atoms with van der Waals surface area (Å²) in [4.78, 5) is 0. The van der Waals surface area contributed by atoms with Gasteiger partial charge in [-0.2, -0.15) is 0 Å². The highest BCUT2D eigenvalue weighted by molar-refractivity contribution is 5.32. The smallest absolute Gasteiger partial charge is 0.119 e. The summed E-state index contributed by atoms with van der Waals surface area (Å²) >= 11 is 0. The maximum atomic E-state index is 5.68. The van der Waals surface area contributed by atoms with E-state index in [9.17, 15) is 0 Å². The van der Waals surface area contributed by atoms with E-state index >= 15 is 0 Å². The van der Waals surface area contributed by atoms with Crippen molar-refractivity contribution in [3.8, 4) is 11.5 Å². The molecule has 0 aliphatic carbocycles. The predicted molar refractivity (Wildman–Crippen MR) is 79.8 cm³/mol. The third-order valence-corrected chi connectivity index (χ3v) is 3.29. The topological polar surface area (TPSA) is 56.5 Å². The minimum Gasteiger partial charge on any atom is -0.497 e.